The molecule has 3 atom stereocenters. The van der Waals surface area contributed by atoms with Crippen LogP contribution >= 0.6 is 0 Å². The summed E-state index contributed by atoms with van der Waals surface area (Å²) in [6, 6.07) is 5.72. The number of aromatic nitrogens is 4. The molecule has 3 aromatic heterocycles. The number of carbonyl (C=O) groups is 1. The van der Waals surface area contributed by atoms with E-state index < -0.39 is 30.8 Å². The topological polar surface area (TPSA) is 114 Å². The number of halogens is 4. The molecule has 5 rings (SSSR count). The fraction of sp³-hybridized carbons (Fsp3) is 0.481. The van der Waals surface area contributed by atoms with Crippen LogP contribution in [0.25, 0.3) is 22.4 Å². The Hall–Kier alpha value is -3.94. The van der Waals surface area contributed by atoms with E-state index in [1.807, 2.05) is 32.7 Å². The van der Waals surface area contributed by atoms with Gasteiger partial charge in [-0.25, -0.2) is 22.5 Å². The number of likely N-dealkylation sites (tertiary alicyclic amines) is 1. The lowest BCUT2D eigenvalue weighted by molar-refractivity contribution is 0.0114. The number of rotatable bonds is 8. The average Bonchev–Trinajstić information content (AvgIpc) is 3.66. The zero-order valence-electron chi connectivity index (χ0n) is 23.0. The van der Waals surface area contributed by atoms with E-state index in [-0.39, 0.29) is 47.1 Å². The van der Waals surface area contributed by atoms with E-state index in [9.17, 15) is 22.4 Å². The van der Waals surface area contributed by atoms with Crippen molar-refractivity contribution in [3.63, 3.8) is 0 Å². The second-order valence-electron chi connectivity index (χ2n) is 11.1. The predicted octanol–water partition coefficient (Wildman–Crippen LogP) is 5.09. The molecule has 1 saturated heterocycles. The number of anilines is 1. The van der Waals surface area contributed by atoms with Gasteiger partial charge in [0, 0.05) is 29.6 Å². The van der Waals surface area contributed by atoms with E-state index in [1.54, 1.807) is 12.1 Å². The summed E-state index contributed by atoms with van der Waals surface area (Å²) in [5, 5.41) is 10.00. The number of oxazole rings is 1. The van der Waals surface area contributed by atoms with E-state index >= 15 is 0 Å². The third kappa shape index (κ3) is 5.92. The summed E-state index contributed by atoms with van der Waals surface area (Å²) >= 11 is 0. The first-order valence-corrected chi connectivity index (χ1v) is 13.1. The highest BCUT2D eigenvalue weighted by atomic mass is 19.3. The number of piperidine rings is 1. The summed E-state index contributed by atoms with van der Waals surface area (Å²) in [4.78, 5) is 22.8. The van der Waals surface area contributed by atoms with Crippen molar-refractivity contribution in [1.82, 2.24) is 29.9 Å². The highest BCUT2D eigenvalue weighted by Crippen LogP contribution is 2.37. The second kappa shape index (κ2) is 11.1. The normalized spacial score (nSPS) is 19.1. The van der Waals surface area contributed by atoms with Crippen LogP contribution in [0.1, 0.15) is 55.8 Å². The molecule has 1 aromatic carbocycles. The Morgan fingerprint density at radius 2 is 2.00 bits per heavy atom. The molecule has 2 N–H and O–H groups in total. The van der Waals surface area contributed by atoms with E-state index in [2.05, 4.69) is 25.8 Å². The standard InChI is InChI=1S/C27H31F4N7O3/c1-27(2,3)26-34-18(13-40-26)25(39)32-11-21-35-24(36-41-21)20-10-14-16(33-17-8-9-37(4)12-15(17)28)6-5-7-19(14)38(20)23(31)22(29)30/h5-7,10,13,15,17,22-23,33H,8-9,11-12H2,1-4H3,(H,32,39)/t15-,17+,23?/m0/s1. The summed E-state index contributed by atoms with van der Waals surface area (Å²) in [6.45, 7) is 6.42. The predicted molar refractivity (Wildman–Crippen MR) is 142 cm³/mol. The largest absolute Gasteiger partial charge is 0.448 e. The lowest BCUT2D eigenvalue weighted by Gasteiger charge is -2.33. The summed E-state index contributed by atoms with van der Waals surface area (Å²) in [7, 11) is 1.84. The van der Waals surface area contributed by atoms with Gasteiger partial charge in [0.15, 0.2) is 11.6 Å². The average molecular weight is 578 g/mol. The van der Waals surface area contributed by atoms with E-state index in [0.29, 0.717) is 29.9 Å². The van der Waals surface area contributed by atoms with Crippen LogP contribution in [0.4, 0.5) is 23.2 Å². The van der Waals surface area contributed by atoms with E-state index in [0.717, 1.165) is 4.57 Å². The summed E-state index contributed by atoms with van der Waals surface area (Å²) in [6.07, 6.45) is -5.41. The molecule has 1 unspecified atom stereocenters. The molecular formula is C27H31F4N7O3. The van der Waals surface area contributed by atoms with Crippen LogP contribution in [0.5, 0.6) is 0 Å². The highest BCUT2D eigenvalue weighted by molar-refractivity contribution is 5.96. The lowest BCUT2D eigenvalue weighted by atomic mass is 9.97. The molecule has 220 valence electrons. The zero-order chi connectivity index (χ0) is 29.5. The number of fused-ring (bicyclic) bond motifs is 1. The first-order chi connectivity index (χ1) is 19.4. The Kier molecular flexibility index (Phi) is 7.77. The molecule has 41 heavy (non-hydrogen) atoms. The number of hydrogen-bond acceptors (Lipinski definition) is 8. The first kappa shape index (κ1) is 28.6. The maximum atomic E-state index is 15.0. The summed E-state index contributed by atoms with van der Waals surface area (Å²) in [5.41, 5.74) is 0.240. The Balaban J connectivity index is 1.41. The molecule has 10 nitrogen and oxygen atoms in total. The van der Waals surface area contributed by atoms with Crippen molar-refractivity contribution in [3.8, 4) is 11.5 Å². The summed E-state index contributed by atoms with van der Waals surface area (Å²) < 4.78 is 68.3. The van der Waals surface area contributed by atoms with Gasteiger partial charge in [-0.15, -0.1) is 0 Å². The molecule has 1 fully saturated rings. The SMILES string of the molecule is CN1CC[C@@H](Nc2cccc3c2cc(-c2noc(CNC(=O)c4coc(C(C)(C)C)n4)n2)n3C(F)C(F)F)[C@@H](F)C1. The fourth-order valence-electron chi connectivity index (χ4n) is 4.75. The van der Waals surface area contributed by atoms with Gasteiger partial charge in [0.1, 0.15) is 12.4 Å². The van der Waals surface area contributed by atoms with Crippen molar-refractivity contribution < 1.29 is 31.3 Å². The molecule has 1 aliphatic rings. The molecular weight excluding hydrogens is 546 g/mol. The maximum Gasteiger partial charge on any atom is 0.288 e. The van der Waals surface area contributed by atoms with Gasteiger partial charge in [-0.3, -0.25) is 4.79 Å². The number of carbonyl (C=O) groups excluding carboxylic acids is 1. The summed E-state index contributed by atoms with van der Waals surface area (Å²) in [5.74, 6) is -0.349. The van der Waals surface area contributed by atoms with Crippen LogP contribution in [-0.4, -0.2) is 69.3 Å². The first-order valence-electron chi connectivity index (χ1n) is 13.1. The molecule has 4 heterocycles. The van der Waals surface area contributed by atoms with Crippen molar-refractivity contribution >= 4 is 22.5 Å². The maximum absolute atomic E-state index is 15.0. The van der Waals surface area contributed by atoms with Crippen LogP contribution in [0.3, 0.4) is 0 Å². The van der Waals surface area contributed by atoms with Crippen LogP contribution in [0.15, 0.2) is 39.5 Å². The van der Waals surface area contributed by atoms with Crippen molar-refractivity contribution in [1.29, 1.82) is 0 Å². The zero-order valence-corrected chi connectivity index (χ0v) is 23.0. The quantitative estimate of drug-likeness (QED) is 0.278. The minimum Gasteiger partial charge on any atom is -0.448 e. The van der Waals surface area contributed by atoms with E-state index in [1.165, 1.54) is 18.4 Å². The van der Waals surface area contributed by atoms with Gasteiger partial charge < -0.3 is 29.0 Å². The number of amides is 1. The minimum atomic E-state index is -3.34. The number of nitrogens with one attached hydrogen (secondary N) is 2. The third-order valence-electron chi connectivity index (χ3n) is 6.90. The molecule has 4 aromatic rings. The van der Waals surface area contributed by atoms with Gasteiger partial charge in [0.2, 0.25) is 18.0 Å². The Bertz CT molecular complexity index is 1530. The van der Waals surface area contributed by atoms with Gasteiger partial charge in [0.25, 0.3) is 12.3 Å². The van der Waals surface area contributed by atoms with Gasteiger partial charge in [0.05, 0.1) is 23.8 Å². The molecule has 0 aliphatic carbocycles. The number of nitrogens with zero attached hydrogens (tertiary/aromatic N) is 5. The second-order valence-corrected chi connectivity index (χ2v) is 11.1. The molecule has 1 amide bonds. The van der Waals surface area contributed by atoms with Crippen LogP contribution in [0.2, 0.25) is 0 Å². The number of benzene rings is 1. The van der Waals surface area contributed by atoms with Gasteiger partial charge >= 0.3 is 0 Å². The Labute approximate surface area is 233 Å². The van der Waals surface area contributed by atoms with Gasteiger partial charge in [-0.2, -0.15) is 4.98 Å². The molecule has 1 aliphatic heterocycles. The molecule has 0 spiro atoms. The lowest BCUT2D eigenvalue weighted by Crippen LogP contribution is -2.46. The fourth-order valence-corrected chi connectivity index (χ4v) is 4.75. The van der Waals surface area contributed by atoms with Crippen molar-refractivity contribution in [3.05, 3.63) is 48.0 Å². The molecule has 0 saturated carbocycles. The van der Waals surface area contributed by atoms with Crippen molar-refractivity contribution in [2.24, 2.45) is 0 Å². The monoisotopic (exact) mass is 577 g/mol. The minimum absolute atomic E-state index is 0.0397. The van der Waals surface area contributed by atoms with Crippen molar-refractivity contribution in [2.75, 3.05) is 25.5 Å². The van der Waals surface area contributed by atoms with E-state index in [4.69, 9.17) is 8.94 Å². The van der Waals surface area contributed by atoms with Gasteiger partial charge in [-0.05, 0) is 31.7 Å². The Morgan fingerprint density at radius 1 is 1.22 bits per heavy atom. The van der Waals surface area contributed by atoms with Gasteiger partial charge in [-0.1, -0.05) is 32.0 Å². The molecule has 0 bridgehead atoms. The highest BCUT2D eigenvalue weighted by Gasteiger charge is 2.31. The molecule has 0 radical (unpaired) electrons. The Morgan fingerprint density at radius 3 is 2.68 bits per heavy atom. The third-order valence-corrected chi connectivity index (χ3v) is 6.90. The van der Waals surface area contributed by atoms with Crippen LogP contribution < -0.4 is 10.6 Å². The smallest absolute Gasteiger partial charge is 0.288 e. The number of alkyl halides is 4. The number of hydrogen-bond donors (Lipinski definition) is 2. The van der Waals surface area contributed by atoms with Crippen LogP contribution in [-0.2, 0) is 12.0 Å². The molecule has 14 heteroatoms. The van der Waals surface area contributed by atoms with Crippen LogP contribution in [0, 0.1) is 0 Å². The van der Waals surface area contributed by atoms with Crippen molar-refractivity contribution in [2.45, 2.75) is 64.1 Å².